The number of carbonyl (C=O) groups is 1. The molecule has 1 aromatic rings. The molecule has 2 aliphatic heterocycles. The van der Waals surface area contributed by atoms with Gasteiger partial charge in [-0.15, -0.1) is 0 Å². The molecule has 3 rings (SSSR count). The number of methoxy groups -OCH3 is 1. The largest absolute Gasteiger partial charge is 0.493 e. The number of hydrogen-bond donors (Lipinski definition) is 2. The van der Waals surface area contributed by atoms with E-state index in [0.29, 0.717) is 32.9 Å². The smallest absolute Gasteiger partial charge is 0.315 e. The number of fused-ring (bicyclic) bond motifs is 2. The van der Waals surface area contributed by atoms with Crippen LogP contribution >= 0.6 is 0 Å². The summed E-state index contributed by atoms with van der Waals surface area (Å²) in [4.78, 5) is 11.7. The fourth-order valence-corrected chi connectivity index (χ4v) is 2.77. The van der Waals surface area contributed by atoms with Crippen LogP contribution in [0.25, 0.3) is 0 Å². The van der Waals surface area contributed by atoms with Crippen LogP contribution in [0.15, 0.2) is 6.07 Å². The third-order valence-corrected chi connectivity index (χ3v) is 3.78. The number of rotatable bonds is 5. The zero-order valence-corrected chi connectivity index (χ0v) is 12.2. The molecule has 0 radical (unpaired) electrons. The average molecular weight is 292 g/mol. The second-order valence-corrected chi connectivity index (χ2v) is 5.12. The predicted molar refractivity (Wildman–Crippen MR) is 77.0 cm³/mol. The van der Waals surface area contributed by atoms with Crippen molar-refractivity contribution >= 4 is 6.03 Å². The van der Waals surface area contributed by atoms with Gasteiger partial charge in [0, 0.05) is 49.7 Å². The molecule has 2 heterocycles. The molecule has 0 aliphatic carbocycles. The number of ether oxygens (including phenoxy) is 3. The molecule has 2 N–H and O–H groups in total. The number of urea groups is 1. The Bertz CT molecular complexity index is 513. The van der Waals surface area contributed by atoms with E-state index in [0.717, 1.165) is 35.5 Å². The van der Waals surface area contributed by atoms with Crippen LogP contribution in [0, 0.1) is 0 Å². The highest BCUT2D eigenvalue weighted by Crippen LogP contribution is 2.40. The van der Waals surface area contributed by atoms with Gasteiger partial charge in [0.1, 0.15) is 11.5 Å². The molecular formula is C15H20N2O4. The van der Waals surface area contributed by atoms with Crippen LogP contribution in [0.5, 0.6) is 11.5 Å². The first-order valence-corrected chi connectivity index (χ1v) is 7.23. The lowest BCUT2D eigenvalue weighted by molar-refractivity contribution is 0.195. The molecule has 0 spiro atoms. The molecule has 6 nitrogen and oxygen atoms in total. The topological polar surface area (TPSA) is 68.8 Å². The quantitative estimate of drug-likeness (QED) is 0.795. The van der Waals surface area contributed by atoms with Crippen molar-refractivity contribution in [3.05, 3.63) is 22.8 Å². The van der Waals surface area contributed by atoms with E-state index in [2.05, 4.69) is 16.7 Å². The second kappa shape index (κ2) is 6.22. The van der Waals surface area contributed by atoms with Crippen molar-refractivity contribution in [3.8, 4) is 11.5 Å². The van der Waals surface area contributed by atoms with Crippen molar-refractivity contribution in [2.45, 2.75) is 19.4 Å². The minimum Gasteiger partial charge on any atom is -0.493 e. The number of carbonyl (C=O) groups excluding carboxylic acids is 1. The van der Waals surface area contributed by atoms with Crippen molar-refractivity contribution in [3.63, 3.8) is 0 Å². The van der Waals surface area contributed by atoms with Crippen molar-refractivity contribution in [2.24, 2.45) is 0 Å². The van der Waals surface area contributed by atoms with Crippen molar-refractivity contribution in [1.82, 2.24) is 10.6 Å². The summed E-state index contributed by atoms with van der Waals surface area (Å²) < 4.78 is 16.3. The standard InChI is InChI=1S/C15H20N2O4/c1-19-7-4-16-15(18)17-9-12-11-3-6-20-13(11)8-10-2-5-21-14(10)12/h8H,2-7,9H2,1H3,(H2,16,17,18). The maximum Gasteiger partial charge on any atom is 0.315 e. The highest BCUT2D eigenvalue weighted by molar-refractivity contribution is 5.74. The van der Waals surface area contributed by atoms with Crippen molar-refractivity contribution in [1.29, 1.82) is 0 Å². The molecule has 0 fully saturated rings. The predicted octanol–water partition coefficient (Wildman–Crippen LogP) is 1.00. The van der Waals surface area contributed by atoms with E-state index in [-0.39, 0.29) is 6.03 Å². The molecule has 1 aromatic carbocycles. The highest BCUT2D eigenvalue weighted by Gasteiger charge is 2.26. The van der Waals surface area contributed by atoms with Crippen LogP contribution in [0.2, 0.25) is 0 Å². The van der Waals surface area contributed by atoms with Crippen molar-refractivity contribution < 1.29 is 19.0 Å². The van der Waals surface area contributed by atoms with Gasteiger partial charge in [-0.25, -0.2) is 4.79 Å². The molecule has 0 unspecified atom stereocenters. The van der Waals surface area contributed by atoms with E-state index in [4.69, 9.17) is 14.2 Å². The summed E-state index contributed by atoms with van der Waals surface area (Å²) in [5, 5.41) is 5.62. The van der Waals surface area contributed by atoms with Gasteiger partial charge < -0.3 is 24.8 Å². The molecular weight excluding hydrogens is 272 g/mol. The summed E-state index contributed by atoms with van der Waals surface area (Å²) in [7, 11) is 1.60. The lowest BCUT2D eigenvalue weighted by atomic mass is 9.99. The Hall–Kier alpha value is -1.95. The lowest BCUT2D eigenvalue weighted by Crippen LogP contribution is -2.37. The lowest BCUT2D eigenvalue weighted by Gasteiger charge is -2.14. The summed E-state index contributed by atoms with van der Waals surface area (Å²) in [5.74, 6) is 1.87. The molecule has 2 aliphatic rings. The van der Waals surface area contributed by atoms with Crippen LogP contribution < -0.4 is 20.1 Å². The van der Waals surface area contributed by atoms with Crippen LogP contribution in [-0.2, 0) is 24.1 Å². The Morgan fingerprint density at radius 3 is 3.00 bits per heavy atom. The number of amides is 2. The molecule has 0 saturated heterocycles. The SMILES string of the molecule is COCCNC(=O)NCc1c2c(cc3c1OCC3)OCC2. The van der Waals surface area contributed by atoms with Crippen LogP contribution in [0.4, 0.5) is 4.79 Å². The van der Waals surface area contributed by atoms with Gasteiger partial charge in [-0.05, 0) is 6.07 Å². The molecule has 0 atom stereocenters. The molecule has 21 heavy (non-hydrogen) atoms. The van der Waals surface area contributed by atoms with Gasteiger partial charge >= 0.3 is 6.03 Å². The van der Waals surface area contributed by atoms with E-state index >= 15 is 0 Å². The average Bonchev–Trinajstić information content (AvgIpc) is 3.12. The highest BCUT2D eigenvalue weighted by atomic mass is 16.5. The van der Waals surface area contributed by atoms with Gasteiger partial charge in [-0.2, -0.15) is 0 Å². The molecule has 0 aromatic heterocycles. The van der Waals surface area contributed by atoms with E-state index in [1.165, 1.54) is 5.56 Å². The van der Waals surface area contributed by atoms with Gasteiger partial charge in [-0.3, -0.25) is 0 Å². The first-order valence-electron chi connectivity index (χ1n) is 7.23. The first kappa shape index (κ1) is 14.0. The van der Waals surface area contributed by atoms with Gasteiger partial charge in [0.15, 0.2) is 0 Å². The Morgan fingerprint density at radius 1 is 1.29 bits per heavy atom. The summed E-state index contributed by atoms with van der Waals surface area (Å²) in [6, 6.07) is 1.88. The number of benzene rings is 1. The van der Waals surface area contributed by atoms with E-state index in [1.807, 2.05) is 0 Å². The third-order valence-electron chi connectivity index (χ3n) is 3.78. The Labute approximate surface area is 123 Å². The minimum absolute atomic E-state index is 0.199. The summed E-state index contributed by atoms with van der Waals surface area (Å²) in [6.45, 7) is 2.84. The molecule has 6 heteroatoms. The van der Waals surface area contributed by atoms with E-state index in [9.17, 15) is 4.79 Å². The Morgan fingerprint density at radius 2 is 2.14 bits per heavy atom. The molecule has 0 bridgehead atoms. The number of nitrogens with one attached hydrogen (secondary N) is 2. The Kier molecular flexibility index (Phi) is 4.15. The zero-order chi connectivity index (χ0) is 14.7. The first-order chi connectivity index (χ1) is 10.3. The molecule has 114 valence electrons. The normalized spacial score (nSPS) is 14.9. The van der Waals surface area contributed by atoms with Gasteiger partial charge in [0.05, 0.1) is 19.8 Å². The summed E-state index contributed by atoms with van der Waals surface area (Å²) in [6.07, 6.45) is 1.77. The van der Waals surface area contributed by atoms with Crippen LogP contribution in [0.1, 0.15) is 16.7 Å². The van der Waals surface area contributed by atoms with E-state index < -0.39 is 0 Å². The summed E-state index contributed by atoms with van der Waals surface area (Å²) in [5.41, 5.74) is 3.39. The minimum atomic E-state index is -0.199. The van der Waals surface area contributed by atoms with E-state index in [1.54, 1.807) is 7.11 Å². The fourth-order valence-electron chi connectivity index (χ4n) is 2.77. The van der Waals surface area contributed by atoms with Crippen LogP contribution in [0.3, 0.4) is 0 Å². The fraction of sp³-hybridized carbons (Fsp3) is 0.533. The van der Waals surface area contributed by atoms with Gasteiger partial charge in [0.2, 0.25) is 0 Å². The summed E-state index contributed by atoms with van der Waals surface area (Å²) >= 11 is 0. The molecule has 0 saturated carbocycles. The van der Waals surface area contributed by atoms with Gasteiger partial charge in [0.25, 0.3) is 0 Å². The van der Waals surface area contributed by atoms with Crippen molar-refractivity contribution in [2.75, 3.05) is 33.5 Å². The maximum atomic E-state index is 11.7. The number of hydrogen-bond acceptors (Lipinski definition) is 4. The Balaban J connectivity index is 1.69. The maximum absolute atomic E-state index is 11.7. The van der Waals surface area contributed by atoms with Gasteiger partial charge in [-0.1, -0.05) is 0 Å². The van der Waals surface area contributed by atoms with Crippen LogP contribution in [-0.4, -0.2) is 39.5 Å². The monoisotopic (exact) mass is 292 g/mol. The molecule has 2 amide bonds. The third kappa shape index (κ3) is 2.90. The second-order valence-electron chi connectivity index (χ2n) is 5.12. The zero-order valence-electron chi connectivity index (χ0n) is 12.2.